The lowest BCUT2D eigenvalue weighted by molar-refractivity contribution is 0.0938. The molecule has 0 spiro atoms. The SMILES string of the molecule is COc1ccc(C(=O)Nc2ccc(C(=O)NC(C)CCc3ccccc3)cc2)cc1. The highest BCUT2D eigenvalue weighted by molar-refractivity contribution is 6.04. The molecule has 0 saturated heterocycles. The van der Waals surface area contributed by atoms with Crippen LogP contribution in [0.2, 0.25) is 0 Å². The second kappa shape index (κ2) is 10.3. The van der Waals surface area contributed by atoms with Crippen molar-refractivity contribution in [1.29, 1.82) is 0 Å². The maximum absolute atomic E-state index is 12.5. The van der Waals surface area contributed by atoms with E-state index in [1.165, 1.54) is 5.56 Å². The Bertz CT molecular complexity index is 968. The van der Waals surface area contributed by atoms with Crippen molar-refractivity contribution in [2.45, 2.75) is 25.8 Å². The van der Waals surface area contributed by atoms with Crippen molar-refractivity contribution in [1.82, 2.24) is 5.32 Å². The average Bonchev–Trinajstić information content (AvgIpc) is 2.79. The van der Waals surface area contributed by atoms with Gasteiger partial charge in [-0.3, -0.25) is 9.59 Å². The molecule has 5 nitrogen and oxygen atoms in total. The Balaban J connectivity index is 1.51. The Morgan fingerprint density at radius 2 is 1.43 bits per heavy atom. The van der Waals surface area contributed by atoms with Crippen molar-refractivity contribution in [3.05, 3.63) is 95.6 Å². The van der Waals surface area contributed by atoms with Gasteiger partial charge in [0.15, 0.2) is 0 Å². The molecule has 0 radical (unpaired) electrons. The van der Waals surface area contributed by atoms with Gasteiger partial charge in [0.25, 0.3) is 11.8 Å². The van der Waals surface area contributed by atoms with Crippen molar-refractivity contribution in [2.75, 3.05) is 12.4 Å². The summed E-state index contributed by atoms with van der Waals surface area (Å²) in [7, 11) is 1.58. The molecule has 0 fully saturated rings. The molecule has 1 unspecified atom stereocenters. The average molecular weight is 402 g/mol. The van der Waals surface area contributed by atoms with Crippen LogP contribution < -0.4 is 15.4 Å². The Labute approximate surface area is 177 Å². The Morgan fingerprint density at radius 1 is 0.833 bits per heavy atom. The smallest absolute Gasteiger partial charge is 0.255 e. The summed E-state index contributed by atoms with van der Waals surface area (Å²) >= 11 is 0. The fourth-order valence-electron chi connectivity index (χ4n) is 3.06. The van der Waals surface area contributed by atoms with Crippen molar-refractivity contribution >= 4 is 17.5 Å². The van der Waals surface area contributed by atoms with E-state index in [0.29, 0.717) is 22.6 Å². The first-order valence-corrected chi connectivity index (χ1v) is 9.95. The van der Waals surface area contributed by atoms with Gasteiger partial charge in [0, 0.05) is 22.9 Å². The molecule has 0 bridgehead atoms. The summed E-state index contributed by atoms with van der Waals surface area (Å²) in [6.07, 6.45) is 1.78. The lowest BCUT2D eigenvalue weighted by Gasteiger charge is -2.14. The first-order valence-electron chi connectivity index (χ1n) is 9.95. The molecule has 3 aromatic carbocycles. The van der Waals surface area contributed by atoms with Gasteiger partial charge in [0.05, 0.1) is 7.11 Å². The van der Waals surface area contributed by atoms with Gasteiger partial charge < -0.3 is 15.4 Å². The van der Waals surface area contributed by atoms with Gasteiger partial charge in [-0.15, -0.1) is 0 Å². The minimum absolute atomic E-state index is 0.0622. The number of hydrogen-bond donors (Lipinski definition) is 2. The standard InChI is InChI=1S/C25H26N2O3/c1-18(8-9-19-6-4-3-5-7-19)26-24(28)20-10-14-22(15-11-20)27-25(29)21-12-16-23(30-2)17-13-21/h3-7,10-18H,8-9H2,1-2H3,(H,26,28)(H,27,29). The second-order valence-corrected chi connectivity index (χ2v) is 7.16. The Morgan fingerprint density at radius 3 is 2.07 bits per heavy atom. The summed E-state index contributed by atoms with van der Waals surface area (Å²) in [6.45, 7) is 2.00. The van der Waals surface area contributed by atoms with Crippen LogP contribution in [0, 0.1) is 0 Å². The molecule has 3 aromatic rings. The lowest BCUT2D eigenvalue weighted by Crippen LogP contribution is -2.32. The molecule has 154 valence electrons. The molecule has 30 heavy (non-hydrogen) atoms. The molecule has 5 heteroatoms. The van der Waals surface area contributed by atoms with Gasteiger partial charge in [0.1, 0.15) is 5.75 Å². The van der Waals surface area contributed by atoms with E-state index in [1.807, 2.05) is 25.1 Å². The largest absolute Gasteiger partial charge is 0.497 e. The highest BCUT2D eigenvalue weighted by Crippen LogP contribution is 2.15. The van der Waals surface area contributed by atoms with Gasteiger partial charge in [-0.2, -0.15) is 0 Å². The number of ether oxygens (including phenoxy) is 1. The predicted octanol–water partition coefficient (Wildman–Crippen LogP) is 4.70. The topological polar surface area (TPSA) is 67.4 Å². The zero-order chi connectivity index (χ0) is 21.3. The van der Waals surface area contributed by atoms with Gasteiger partial charge in [-0.05, 0) is 73.9 Å². The third kappa shape index (κ3) is 5.95. The molecule has 0 aliphatic carbocycles. The number of carbonyl (C=O) groups excluding carboxylic acids is 2. The highest BCUT2D eigenvalue weighted by Gasteiger charge is 2.11. The second-order valence-electron chi connectivity index (χ2n) is 7.16. The van der Waals surface area contributed by atoms with Crippen LogP contribution in [0.3, 0.4) is 0 Å². The van der Waals surface area contributed by atoms with E-state index in [2.05, 4.69) is 22.8 Å². The molecule has 3 rings (SSSR count). The number of rotatable bonds is 8. The number of hydrogen-bond acceptors (Lipinski definition) is 3. The summed E-state index contributed by atoms with van der Waals surface area (Å²) in [5.74, 6) is 0.355. The zero-order valence-corrected chi connectivity index (χ0v) is 17.2. The third-order valence-electron chi connectivity index (χ3n) is 4.84. The molecule has 0 aliphatic rings. The van der Waals surface area contributed by atoms with E-state index < -0.39 is 0 Å². The van der Waals surface area contributed by atoms with Crippen molar-refractivity contribution in [2.24, 2.45) is 0 Å². The number of anilines is 1. The summed E-state index contributed by atoms with van der Waals surface area (Å²) < 4.78 is 5.10. The Hall–Kier alpha value is -3.60. The number of amides is 2. The normalized spacial score (nSPS) is 11.4. The summed E-state index contributed by atoms with van der Waals surface area (Å²) in [5, 5.41) is 5.85. The minimum Gasteiger partial charge on any atom is -0.497 e. The predicted molar refractivity (Wildman–Crippen MR) is 119 cm³/mol. The Kier molecular flexibility index (Phi) is 7.22. The van der Waals surface area contributed by atoms with E-state index in [9.17, 15) is 9.59 Å². The monoisotopic (exact) mass is 402 g/mol. The molecular weight excluding hydrogens is 376 g/mol. The number of methoxy groups -OCH3 is 1. The van der Waals surface area contributed by atoms with Crippen LogP contribution in [-0.4, -0.2) is 25.0 Å². The van der Waals surface area contributed by atoms with Crippen LogP contribution in [-0.2, 0) is 6.42 Å². The van der Waals surface area contributed by atoms with Gasteiger partial charge in [0.2, 0.25) is 0 Å². The van der Waals surface area contributed by atoms with Crippen LogP contribution >= 0.6 is 0 Å². The van der Waals surface area contributed by atoms with E-state index in [-0.39, 0.29) is 17.9 Å². The molecular formula is C25H26N2O3. The molecule has 2 N–H and O–H groups in total. The highest BCUT2D eigenvalue weighted by atomic mass is 16.5. The first-order chi connectivity index (χ1) is 14.5. The molecule has 0 aromatic heterocycles. The number of benzene rings is 3. The van der Waals surface area contributed by atoms with Gasteiger partial charge >= 0.3 is 0 Å². The zero-order valence-electron chi connectivity index (χ0n) is 17.2. The van der Waals surface area contributed by atoms with Gasteiger partial charge in [-0.1, -0.05) is 30.3 Å². The molecule has 1 atom stereocenters. The van der Waals surface area contributed by atoms with E-state index in [1.54, 1.807) is 55.6 Å². The van der Waals surface area contributed by atoms with Crippen LogP contribution in [0.1, 0.15) is 39.6 Å². The first kappa shape index (κ1) is 21.1. The quantitative estimate of drug-likeness (QED) is 0.574. The van der Waals surface area contributed by atoms with Crippen LogP contribution in [0.5, 0.6) is 5.75 Å². The summed E-state index contributed by atoms with van der Waals surface area (Å²) in [6, 6.07) is 24.0. The van der Waals surface area contributed by atoms with E-state index in [4.69, 9.17) is 4.74 Å². The number of nitrogens with one attached hydrogen (secondary N) is 2. The van der Waals surface area contributed by atoms with Crippen LogP contribution in [0.15, 0.2) is 78.9 Å². The third-order valence-corrected chi connectivity index (χ3v) is 4.84. The van der Waals surface area contributed by atoms with E-state index >= 15 is 0 Å². The number of carbonyl (C=O) groups is 2. The fourth-order valence-corrected chi connectivity index (χ4v) is 3.06. The van der Waals surface area contributed by atoms with Crippen molar-refractivity contribution in [3.63, 3.8) is 0 Å². The number of aryl methyl sites for hydroxylation is 1. The summed E-state index contributed by atoms with van der Waals surface area (Å²) in [4.78, 5) is 24.8. The summed E-state index contributed by atoms with van der Waals surface area (Å²) in [5.41, 5.74) is 2.98. The van der Waals surface area contributed by atoms with Crippen LogP contribution in [0.4, 0.5) is 5.69 Å². The molecule has 0 saturated carbocycles. The maximum atomic E-state index is 12.5. The van der Waals surface area contributed by atoms with Gasteiger partial charge in [-0.25, -0.2) is 0 Å². The molecule has 0 aliphatic heterocycles. The maximum Gasteiger partial charge on any atom is 0.255 e. The van der Waals surface area contributed by atoms with Crippen molar-refractivity contribution in [3.8, 4) is 5.75 Å². The molecule has 0 heterocycles. The lowest BCUT2D eigenvalue weighted by atomic mass is 10.1. The van der Waals surface area contributed by atoms with Crippen LogP contribution in [0.25, 0.3) is 0 Å². The van der Waals surface area contributed by atoms with Crippen molar-refractivity contribution < 1.29 is 14.3 Å². The van der Waals surface area contributed by atoms with E-state index in [0.717, 1.165) is 12.8 Å². The molecule has 2 amide bonds. The minimum atomic E-state index is -0.218. The fraction of sp³-hybridized carbons (Fsp3) is 0.200.